The summed E-state index contributed by atoms with van der Waals surface area (Å²) in [6.07, 6.45) is 0. The van der Waals surface area contributed by atoms with Crippen LogP contribution in [0.15, 0.2) is 18.2 Å². The third kappa shape index (κ3) is 1.56. The van der Waals surface area contributed by atoms with Crippen LogP contribution in [0.1, 0.15) is 5.56 Å². The molecule has 2 aliphatic rings. The molecule has 104 valence electrons. The van der Waals surface area contributed by atoms with Gasteiger partial charge in [0.1, 0.15) is 0 Å². The number of amides is 4. The van der Waals surface area contributed by atoms with Crippen molar-refractivity contribution in [2.24, 2.45) is 0 Å². The molecular weight excluding hydrogens is 260 g/mol. The molecule has 7 nitrogen and oxygen atoms in total. The number of carbonyl (C=O) groups is 3. The zero-order valence-electron chi connectivity index (χ0n) is 11.1. The maximum Gasteiger partial charge on any atom is 0.328 e. The summed E-state index contributed by atoms with van der Waals surface area (Å²) in [6, 6.07) is 4.82. The molecule has 3 rings (SSSR count). The van der Waals surface area contributed by atoms with E-state index in [4.69, 9.17) is 0 Å². The van der Waals surface area contributed by atoms with E-state index in [0.717, 1.165) is 11.3 Å². The lowest BCUT2D eigenvalue weighted by atomic mass is 9.90. The van der Waals surface area contributed by atoms with Gasteiger partial charge in [-0.15, -0.1) is 0 Å². The fourth-order valence-electron chi connectivity index (χ4n) is 2.78. The lowest BCUT2D eigenvalue weighted by Crippen LogP contribution is -2.74. The van der Waals surface area contributed by atoms with E-state index in [1.165, 1.54) is 0 Å². The Bertz CT molecular complexity index is 621. The Morgan fingerprint density at radius 3 is 2.45 bits per heavy atom. The van der Waals surface area contributed by atoms with Crippen LogP contribution in [0, 0.1) is 6.92 Å². The number of anilines is 2. The van der Waals surface area contributed by atoms with Gasteiger partial charge >= 0.3 is 6.03 Å². The molecule has 0 bridgehead atoms. The van der Waals surface area contributed by atoms with Gasteiger partial charge in [0, 0.05) is 7.05 Å². The van der Waals surface area contributed by atoms with Crippen LogP contribution >= 0.6 is 0 Å². The summed E-state index contributed by atoms with van der Waals surface area (Å²) in [6.45, 7) is 2.11. The van der Waals surface area contributed by atoms with Gasteiger partial charge in [-0.2, -0.15) is 0 Å². The van der Waals surface area contributed by atoms with Crippen LogP contribution in [0.4, 0.5) is 16.2 Å². The number of imide groups is 2. The lowest BCUT2D eigenvalue weighted by molar-refractivity contribution is -0.136. The van der Waals surface area contributed by atoms with E-state index < -0.39 is 23.4 Å². The fraction of sp³-hybridized carbons (Fsp3) is 0.308. The van der Waals surface area contributed by atoms with E-state index in [-0.39, 0.29) is 6.54 Å². The van der Waals surface area contributed by atoms with Crippen molar-refractivity contribution < 1.29 is 14.4 Å². The van der Waals surface area contributed by atoms with Gasteiger partial charge in [-0.1, -0.05) is 12.1 Å². The second-order valence-electron chi connectivity index (χ2n) is 5.09. The molecular formula is C13H14N4O3. The maximum atomic E-state index is 12.2. The molecule has 0 atom stereocenters. The molecule has 20 heavy (non-hydrogen) atoms. The number of likely N-dealkylation sites (N-methyl/N-ethyl adjacent to an activating group) is 1. The molecule has 1 saturated heterocycles. The molecule has 0 unspecified atom stereocenters. The van der Waals surface area contributed by atoms with E-state index in [9.17, 15) is 14.4 Å². The SMILES string of the molecule is Cc1cccc2c1N(C)CC1(N2)C(=O)NC(=O)NC1=O. The van der Waals surface area contributed by atoms with Crippen LogP contribution in [-0.4, -0.2) is 37.0 Å². The van der Waals surface area contributed by atoms with Gasteiger partial charge in [-0.3, -0.25) is 20.2 Å². The molecule has 1 aromatic carbocycles. The van der Waals surface area contributed by atoms with E-state index in [2.05, 4.69) is 16.0 Å². The van der Waals surface area contributed by atoms with Crippen molar-refractivity contribution in [2.75, 3.05) is 23.8 Å². The third-order valence-electron chi connectivity index (χ3n) is 3.67. The van der Waals surface area contributed by atoms with Gasteiger partial charge in [0.05, 0.1) is 17.9 Å². The Morgan fingerprint density at radius 1 is 1.15 bits per heavy atom. The molecule has 2 aliphatic heterocycles. The van der Waals surface area contributed by atoms with Crippen molar-refractivity contribution >= 4 is 29.2 Å². The largest absolute Gasteiger partial charge is 0.369 e. The second-order valence-corrected chi connectivity index (χ2v) is 5.09. The molecule has 1 spiro atoms. The Hall–Kier alpha value is -2.57. The number of para-hydroxylation sites is 1. The fourth-order valence-corrected chi connectivity index (χ4v) is 2.78. The summed E-state index contributed by atoms with van der Waals surface area (Å²) in [5, 5.41) is 7.26. The molecule has 2 heterocycles. The second kappa shape index (κ2) is 3.96. The van der Waals surface area contributed by atoms with E-state index in [0.29, 0.717) is 5.69 Å². The summed E-state index contributed by atoms with van der Waals surface area (Å²) in [5.74, 6) is -1.27. The number of carbonyl (C=O) groups excluding carboxylic acids is 3. The van der Waals surface area contributed by atoms with Gasteiger partial charge in [-0.25, -0.2) is 4.79 Å². The first-order valence-electron chi connectivity index (χ1n) is 6.20. The number of hydrogen-bond donors (Lipinski definition) is 3. The average molecular weight is 274 g/mol. The Morgan fingerprint density at radius 2 is 1.80 bits per heavy atom. The first-order valence-corrected chi connectivity index (χ1v) is 6.20. The van der Waals surface area contributed by atoms with Crippen molar-refractivity contribution in [3.63, 3.8) is 0 Å². The smallest absolute Gasteiger partial charge is 0.328 e. The summed E-state index contributed by atoms with van der Waals surface area (Å²) < 4.78 is 0. The van der Waals surface area contributed by atoms with Crippen LogP contribution in [0.25, 0.3) is 0 Å². The van der Waals surface area contributed by atoms with Gasteiger partial charge in [-0.05, 0) is 18.6 Å². The summed E-state index contributed by atoms with van der Waals surface area (Å²) in [5.41, 5.74) is 1.19. The third-order valence-corrected chi connectivity index (χ3v) is 3.67. The minimum atomic E-state index is -1.48. The molecule has 3 N–H and O–H groups in total. The highest BCUT2D eigenvalue weighted by molar-refractivity contribution is 6.25. The van der Waals surface area contributed by atoms with Crippen molar-refractivity contribution in [2.45, 2.75) is 12.5 Å². The summed E-state index contributed by atoms with van der Waals surface area (Å²) >= 11 is 0. The monoisotopic (exact) mass is 274 g/mol. The van der Waals surface area contributed by atoms with Gasteiger partial charge in [0.2, 0.25) is 5.54 Å². The number of benzene rings is 1. The van der Waals surface area contributed by atoms with Gasteiger partial charge < -0.3 is 10.2 Å². The first-order chi connectivity index (χ1) is 9.44. The molecule has 0 radical (unpaired) electrons. The number of aryl methyl sites for hydroxylation is 1. The van der Waals surface area contributed by atoms with E-state index in [1.54, 1.807) is 6.07 Å². The number of nitrogens with zero attached hydrogens (tertiary/aromatic N) is 1. The number of hydrogen-bond acceptors (Lipinski definition) is 5. The number of nitrogens with one attached hydrogen (secondary N) is 3. The van der Waals surface area contributed by atoms with Crippen LogP contribution in [-0.2, 0) is 9.59 Å². The van der Waals surface area contributed by atoms with Crippen molar-refractivity contribution in [1.82, 2.24) is 10.6 Å². The van der Waals surface area contributed by atoms with Crippen molar-refractivity contribution in [1.29, 1.82) is 0 Å². The maximum absolute atomic E-state index is 12.2. The van der Waals surface area contributed by atoms with Crippen LogP contribution in [0.2, 0.25) is 0 Å². The molecule has 4 amide bonds. The lowest BCUT2D eigenvalue weighted by Gasteiger charge is -2.43. The van der Waals surface area contributed by atoms with Crippen LogP contribution in [0.3, 0.4) is 0 Å². The quantitative estimate of drug-likeness (QED) is 0.578. The topological polar surface area (TPSA) is 90.5 Å². The highest BCUT2D eigenvalue weighted by atomic mass is 16.2. The number of barbiturate groups is 1. The summed E-state index contributed by atoms with van der Waals surface area (Å²) in [7, 11) is 1.81. The van der Waals surface area contributed by atoms with E-state index >= 15 is 0 Å². The zero-order valence-corrected chi connectivity index (χ0v) is 11.1. The Kier molecular flexibility index (Phi) is 2.47. The van der Waals surface area contributed by atoms with Crippen LogP contribution in [0.5, 0.6) is 0 Å². The molecule has 0 aromatic heterocycles. The van der Waals surface area contributed by atoms with E-state index in [1.807, 2.05) is 31.0 Å². The highest BCUT2D eigenvalue weighted by Crippen LogP contribution is 2.36. The highest BCUT2D eigenvalue weighted by Gasteiger charge is 2.53. The van der Waals surface area contributed by atoms with Crippen molar-refractivity contribution in [3.05, 3.63) is 23.8 Å². The molecule has 0 saturated carbocycles. The predicted octanol–water partition coefficient (Wildman–Crippen LogP) is -0.0385. The van der Waals surface area contributed by atoms with Crippen LogP contribution < -0.4 is 20.9 Å². The van der Waals surface area contributed by atoms with Gasteiger partial charge in [0.15, 0.2) is 0 Å². The standard InChI is InChI=1S/C13H14N4O3/c1-7-4-3-5-8-9(7)17(2)6-13(16-8)10(18)14-12(20)15-11(13)19/h3-5,16H,6H2,1-2H3,(H2,14,15,18,19,20). The van der Waals surface area contributed by atoms with Gasteiger partial charge in [0.25, 0.3) is 11.8 Å². The molecule has 1 aromatic rings. The first kappa shape index (κ1) is 12.5. The minimum Gasteiger partial charge on any atom is -0.369 e. The van der Waals surface area contributed by atoms with Crippen molar-refractivity contribution in [3.8, 4) is 0 Å². The molecule has 0 aliphatic carbocycles. The molecule has 1 fully saturated rings. The zero-order chi connectivity index (χ0) is 14.5. The normalized spacial score (nSPS) is 20.1. The Balaban J connectivity index is 2.09. The predicted molar refractivity (Wildman–Crippen MR) is 72.5 cm³/mol. The molecule has 7 heteroatoms. The minimum absolute atomic E-state index is 0.149. The Labute approximate surface area is 115 Å². The number of fused-ring (bicyclic) bond motifs is 1. The summed E-state index contributed by atoms with van der Waals surface area (Å²) in [4.78, 5) is 37.3. The number of rotatable bonds is 0. The average Bonchev–Trinajstić information content (AvgIpc) is 2.36. The number of urea groups is 1.